The second-order valence-corrected chi connectivity index (χ2v) is 5.87. The number of aliphatic hydroxyl groups is 1. The highest BCUT2D eigenvalue weighted by Crippen LogP contribution is 2.33. The lowest BCUT2D eigenvalue weighted by molar-refractivity contribution is -0.139. The van der Waals surface area contributed by atoms with Crippen LogP contribution in [0.25, 0.3) is 0 Å². The fourth-order valence-corrected chi connectivity index (χ4v) is 3.15. The Morgan fingerprint density at radius 3 is 2.90 bits per heavy atom. The van der Waals surface area contributed by atoms with Crippen molar-refractivity contribution in [3.63, 3.8) is 0 Å². The van der Waals surface area contributed by atoms with Gasteiger partial charge in [0.15, 0.2) is 6.10 Å². The van der Waals surface area contributed by atoms with Crippen LogP contribution in [0.5, 0.6) is 5.75 Å². The highest BCUT2D eigenvalue weighted by molar-refractivity contribution is 5.83. The fourth-order valence-electron chi connectivity index (χ4n) is 3.15. The molecule has 0 spiro atoms. The van der Waals surface area contributed by atoms with Crippen molar-refractivity contribution in [2.45, 2.75) is 45.3 Å². The van der Waals surface area contributed by atoms with Crippen molar-refractivity contribution in [1.29, 1.82) is 0 Å². The van der Waals surface area contributed by atoms with E-state index in [1.165, 1.54) is 11.1 Å². The van der Waals surface area contributed by atoms with Crippen LogP contribution < -0.4 is 4.74 Å². The van der Waals surface area contributed by atoms with Gasteiger partial charge in [0.25, 0.3) is 5.91 Å². The van der Waals surface area contributed by atoms with Gasteiger partial charge in [-0.25, -0.2) is 0 Å². The van der Waals surface area contributed by atoms with Crippen LogP contribution in [0.2, 0.25) is 0 Å². The highest BCUT2D eigenvalue weighted by atomic mass is 16.5. The number of ether oxygens (including phenoxy) is 1. The normalized spacial score (nSPS) is 24.6. The van der Waals surface area contributed by atoms with E-state index >= 15 is 0 Å². The number of hydrogen-bond donors (Lipinski definition) is 1. The lowest BCUT2D eigenvalue weighted by Gasteiger charge is -2.25. The summed E-state index contributed by atoms with van der Waals surface area (Å²) >= 11 is 0. The lowest BCUT2D eigenvalue weighted by Crippen LogP contribution is -2.45. The quantitative estimate of drug-likeness (QED) is 0.891. The maximum atomic E-state index is 12.5. The number of hydrogen-bond acceptors (Lipinski definition) is 3. The first-order valence-electron chi connectivity index (χ1n) is 7.28. The van der Waals surface area contributed by atoms with E-state index in [-0.39, 0.29) is 18.6 Å². The Morgan fingerprint density at radius 2 is 2.15 bits per heavy atom. The number of carbonyl (C=O) groups excluding carboxylic acids is 1. The molecule has 2 heterocycles. The summed E-state index contributed by atoms with van der Waals surface area (Å²) in [4.78, 5) is 14.3. The second-order valence-electron chi connectivity index (χ2n) is 5.87. The van der Waals surface area contributed by atoms with Gasteiger partial charge in [-0.3, -0.25) is 4.79 Å². The topological polar surface area (TPSA) is 49.8 Å². The molecule has 4 heteroatoms. The van der Waals surface area contributed by atoms with Gasteiger partial charge in [0.05, 0.1) is 12.6 Å². The first-order chi connectivity index (χ1) is 9.60. The maximum absolute atomic E-state index is 12.5. The molecule has 1 saturated heterocycles. The van der Waals surface area contributed by atoms with Crippen LogP contribution in [0.1, 0.15) is 29.5 Å². The van der Waals surface area contributed by atoms with Crippen LogP contribution in [0.4, 0.5) is 0 Å². The van der Waals surface area contributed by atoms with Crippen LogP contribution in [-0.2, 0) is 11.2 Å². The molecule has 0 radical (unpaired) electrons. The number of carbonyl (C=O) groups is 1. The zero-order chi connectivity index (χ0) is 14.3. The SMILES string of the molecule is Cc1cc2c(cc1C)OC(C(=O)N1CCCC1CO)C2. The van der Waals surface area contributed by atoms with Crippen LogP contribution in [0, 0.1) is 13.8 Å². The summed E-state index contributed by atoms with van der Waals surface area (Å²) < 4.78 is 5.84. The van der Waals surface area contributed by atoms with Crippen molar-refractivity contribution in [1.82, 2.24) is 4.90 Å². The number of nitrogens with zero attached hydrogens (tertiary/aromatic N) is 1. The predicted molar refractivity (Wildman–Crippen MR) is 75.9 cm³/mol. The minimum Gasteiger partial charge on any atom is -0.480 e. The molecule has 2 atom stereocenters. The Labute approximate surface area is 119 Å². The van der Waals surface area contributed by atoms with Crippen LogP contribution >= 0.6 is 0 Å². The molecule has 1 amide bonds. The molecule has 1 fully saturated rings. The summed E-state index contributed by atoms with van der Waals surface area (Å²) in [6, 6.07) is 4.11. The molecule has 0 saturated carbocycles. The number of fused-ring (bicyclic) bond motifs is 1. The first-order valence-corrected chi connectivity index (χ1v) is 7.28. The summed E-state index contributed by atoms with van der Waals surface area (Å²) in [7, 11) is 0. The first kappa shape index (κ1) is 13.4. The van der Waals surface area contributed by atoms with Crippen LogP contribution in [0.3, 0.4) is 0 Å². The average molecular weight is 275 g/mol. The van der Waals surface area contributed by atoms with Crippen molar-refractivity contribution in [2.24, 2.45) is 0 Å². The van der Waals surface area contributed by atoms with Gasteiger partial charge in [0.2, 0.25) is 0 Å². The minimum atomic E-state index is -0.418. The van der Waals surface area contributed by atoms with Crippen molar-refractivity contribution in [3.05, 3.63) is 28.8 Å². The molecule has 1 N–H and O–H groups in total. The van der Waals surface area contributed by atoms with E-state index in [9.17, 15) is 9.90 Å². The standard InChI is InChI=1S/C16H21NO3/c1-10-6-12-8-15(20-14(12)7-11(10)2)16(19)17-5-3-4-13(17)9-18/h6-7,13,15,18H,3-5,8-9H2,1-2H3. The zero-order valence-electron chi connectivity index (χ0n) is 12.1. The molecular formula is C16H21NO3. The number of aryl methyl sites for hydroxylation is 2. The largest absolute Gasteiger partial charge is 0.480 e. The average Bonchev–Trinajstić information content (AvgIpc) is 3.04. The molecule has 2 unspecified atom stereocenters. The van der Waals surface area contributed by atoms with Gasteiger partial charge in [-0.2, -0.15) is 0 Å². The van der Waals surface area contributed by atoms with E-state index in [0.29, 0.717) is 6.42 Å². The third-order valence-corrected chi connectivity index (χ3v) is 4.50. The molecule has 20 heavy (non-hydrogen) atoms. The zero-order valence-corrected chi connectivity index (χ0v) is 12.1. The molecule has 4 nitrogen and oxygen atoms in total. The molecule has 3 rings (SSSR count). The Bertz CT molecular complexity index is 510. The molecule has 0 aliphatic carbocycles. The summed E-state index contributed by atoms with van der Waals surface area (Å²) in [5.74, 6) is 0.860. The van der Waals surface area contributed by atoms with Gasteiger partial charge in [0.1, 0.15) is 5.75 Å². The second kappa shape index (κ2) is 5.09. The Hall–Kier alpha value is -1.55. The van der Waals surface area contributed by atoms with Crippen molar-refractivity contribution < 1.29 is 14.6 Å². The lowest BCUT2D eigenvalue weighted by atomic mass is 10.0. The van der Waals surface area contributed by atoms with Crippen molar-refractivity contribution in [3.8, 4) is 5.75 Å². The van der Waals surface area contributed by atoms with Gasteiger partial charge in [-0.1, -0.05) is 6.07 Å². The number of aliphatic hydroxyl groups excluding tert-OH is 1. The third-order valence-electron chi connectivity index (χ3n) is 4.50. The fraction of sp³-hybridized carbons (Fsp3) is 0.562. The maximum Gasteiger partial charge on any atom is 0.264 e. The third kappa shape index (κ3) is 2.18. The van der Waals surface area contributed by atoms with Gasteiger partial charge >= 0.3 is 0 Å². The molecule has 2 aliphatic rings. The monoisotopic (exact) mass is 275 g/mol. The molecular weight excluding hydrogens is 254 g/mol. The Morgan fingerprint density at radius 1 is 1.40 bits per heavy atom. The van der Waals surface area contributed by atoms with Gasteiger partial charge in [-0.15, -0.1) is 0 Å². The summed E-state index contributed by atoms with van der Waals surface area (Å²) in [5, 5.41) is 9.34. The summed E-state index contributed by atoms with van der Waals surface area (Å²) in [5.41, 5.74) is 3.53. The molecule has 108 valence electrons. The Balaban J connectivity index is 1.76. The molecule has 0 aromatic heterocycles. The van der Waals surface area contributed by atoms with E-state index < -0.39 is 6.10 Å². The van der Waals surface area contributed by atoms with Gasteiger partial charge in [-0.05, 0) is 49.4 Å². The predicted octanol–water partition coefficient (Wildman–Crippen LogP) is 1.59. The van der Waals surface area contributed by atoms with Crippen LogP contribution in [0.15, 0.2) is 12.1 Å². The summed E-state index contributed by atoms with van der Waals surface area (Å²) in [6.07, 6.45) is 2.08. The number of benzene rings is 1. The smallest absolute Gasteiger partial charge is 0.264 e. The van der Waals surface area contributed by atoms with Crippen molar-refractivity contribution >= 4 is 5.91 Å². The van der Waals surface area contributed by atoms with E-state index in [2.05, 4.69) is 19.9 Å². The van der Waals surface area contributed by atoms with Gasteiger partial charge < -0.3 is 14.7 Å². The van der Waals surface area contributed by atoms with Crippen LogP contribution in [-0.4, -0.2) is 41.2 Å². The van der Waals surface area contributed by atoms with Gasteiger partial charge in [0, 0.05) is 13.0 Å². The van der Waals surface area contributed by atoms with E-state index in [1.54, 1.807) is 4.90 Å². The number of likely N-dealkylation sites (tertiary alicyclic amines) is 1. The Kier molecular flexibility index (Phi) is 3.42. The summed E-state index contributed by atoms with van der Waals surface area (Å²) in [6.45, 7) is 4.91. The van der Waals surface area contributed by atoms with E-state index in [1.807, 2.05) is 6.07 Å². The highest BCUT2D eigenvalue weighted by Gasteiger charge is 2.37. The molecule has 1 aromatic rings. The molecule has 0 bridgehead atoms. The van der Waals surface area contributed by atoms with Crippen molar-refractivity contribution in [2.75, 3.05) is 13.2 Å². The van der Waals surface area contributed by atoms with E-state index in [4.69, 9.17) is 4.74 Å². The number of rotatable bonds is 2. The number of amides is 1. The molecule has 2 aliphatic heterocycles. The minimum absolute atomic E-state index is 0.0213. The van der Waals surface area contributed by atoms with E-state index in [0.717, 1.165) is 30.7 Å². The molecule has 1 aromatic carbocycles.